The van der Waals surface area contributed by atoms with E-state index in [-0.39, 0.29) is 0 Å². The first kappa shape index (κ1) is 13.7. The van der Waals surface area contributed by atoms with E-state index in [1.54, 1.807) is 0 Å². The Morgan fingerprint density at radius 3 is 2.26 bits per heavy atom. The minimum atomic E-state index is -4.91. The summed E-state index contributed by atoms with van der Waals surface area (Å²) in [6, 6.07) is 3.17. The summed E-state index contributed by atoms with van der Waals surface area (Å²) < 4.78 is 83.4. The topological polar surface area (TPSA) is 64.6 Å². The molecule has 0 amide bonds. The maximum atomic E-state index is 13.0. The van der Waals surface area contributed by atoms with Crippen molar-refractivity contribution in [1.29, 1.82) is 0 Å². The second kappa shape index (κ2) is 3.89. The van der Waals surface area contributed by atoms with Crippen LogP contribution in [0.2, 0.25) is 0 Å². The molecule has 0 aromatic heterocycles. The summed E-state index contributed by atoms with van der Waals surface area (Å²) in [5, 5.41) is 0. The molecule has 2 rings (SSSR count). The van der Waals surface area contributed by atoms with Crippen molar-refractivity contribution in [2.45, 2.75) is 12.2 Å². The van der Waals surface area contributed by atoms with Gasteiger partial charge in [-0.05, 0) is 12.1 Å². The highest BCUT2D eigenvalue weighted by atomic mass is 32.2. The standard InChI is InChI=1S/C9H7F4NO4S/c1-19(15,16)14-5-3-2-4-6-7(5)18-9(12,13)8(10,11)17-6/h2-4,14H,1H3. The number of halogens is 4. The average molecular weight is 301 g/mol. The summed E-state index contributed by atoms with van der Waals surface area (Å²) >= 11 is 0. The molecule has 1 N–H and O–H groups in total. The van der Waals surface area contributed by atoms with Gasteiger partial charge in [-0.15, -0.1) is 0 Å². The fourth-order valence-electron chi connectivity index (χ4n) is 1.37. The smallest absolute Gasteiger partial charge is 0.421 e. The molecule has 1 aromatic carbocycles. The molecule has 1 heterocycles. The highest BCUT2D eigenvalue weighted by Gasteiger charge is 2.66. The number of ether oxygens (including phenoxy) is 2. The van der Waals surface area contributed by atoms with Gasteiger partial charge in [0.1, 0.15) is 0 Å². The van der Waals surface area contributed by atoms with Crippen LogP contribution in [0.5, 0.6) is 11.5 Å². The van der Waals surface area contributed by atoms with E-state index in [4.69, 9.17) is 0 Å². The number of para-hydroxylation sites is 1. The molecular formula is C9H7F4NO4S. The monoisotopic (exact) mass is 301 g/mol. The average Bonchev–Trinajstić information content (AvgIpc) is 2.18. The Kier molecular flexibility index (Phi) is 2.81. The maximum Gasteiger partial charge on any atom is 0.507 e. The summed E-state index contributed by atoms with van der Waals surface area (Å²) in [5.41, 5.74) is -0.421. The number of fused-ring (bicyclic) bond motifs is 1. The zero-order valence-corrected chi connectivity index (χ0v) is 10.1. The summed E-state index contributed by atoms with van der Waals surface area (Å²) in [5.74, 6) is -1.49. The molecule has 0 saturated carbocycles. The van der Waals surface area contributed by atoms with Crippen molar-refractivity contribution in [3.63, 3.8) is 0 Å². The van der Waals surface area contributed by atoms with Crippen molar-refractivity contribution in [2.24, 2.45) is 0 Å². The Bertz CT molecular complexity index is 617. The van der Waals surface area contributed by atoms with Gasteiger partial charge >= 0.3 is 12.2 Å². The Hall–Kier alpha value is -1.71. The minimum Gasteiger partial charge on any atom is -0.421 e. The number of rotatable bonds is 2. The van der Waals surface area contributed by atoms with Crippen LogP contribution in [0.15, 0.2) is 18.2 Å². The van der Waals surface area contributed by atoms with Crippen molar-refractivity contribution in [3.05, 3.63) is 18.2 Å². The molecule has 0 spiro atoms. The molecule has 5 nitrogen and oxygen atoms in total. The van der Waals surface area contributed by atoms with Gasteiger partial charge in [0.2, 0.25) is 10.0 Å². The summed E-state index contributed by atoms with van der Waals surface area (Å²) in [6.07, 6.45) is -8.98. The molecule has 0 fully saturated rings. The lowest BCUT2D eigenvalue weighted by atomic mass is 10.2. The van der Waals surface area contributed by atoms with Crippen molar-refractivity contribution in [3.8, 4) is 11.5 Å². The molecule has 0 unspecified atom stereocenters. The van der Waals surface area contributed by atoms with Gasteiger partial charge in [0, 0.05) is 0 Å². The van der Waals surface area contributed by atoms with Crippen molar-refractivity contribution < 1.29 is 35.5 Å². The fraction of sp³-hybridized carbons (Fsp3) is 0.333. The van der Waals surface area contributed by atoms with Crippen LogP contribution in [0.3, 0.4) is 0 Å². The van der Waals surface area contributed by atoms with Gasteiger partial charge in [-0.25, -0.2) is 8.42 Å². The molecule has 1 aromatic rings. The fourth-order valence-corrected chi connectivity index (χ4v) is 1.93. The Morgan fingerprint density at radius 1 is 1.11 bits per heavy atom. The number of nitrogens with one attached hydrogen (secondary N) is 1. The zero-order valence-electron chi connectivity index (χ0n) is 9.29. The third-order valence-corrected chi connectivity index (χ3v) is 2.67. The number of alkyl halides is 4. The predicted molar refractivity (Wildman–Crippen MR) is 56.1 cm³/mol. The highest BCUT2D eigenvalue weighted by molar-refractivity contribution is 7.92. The van der Waals surface area contributed by atoms with Gasteiger partial charge in [-0.1, -0.05) is 6.07 Å². The molecule has 0 aliphatic carbocycles. The molecular weight excluding hydrogens is 294 g/mol. The van der Waals surface area contributed by atoms with Crippen molar-refractivity contribution >= 4 is 15.7 Å². The van der Waals surface area contributed by atoms with E-state index >= 15 is 0 Å². The lowest BCUT2D eigenvalue weighted by molar-refractivity contribution is -0.391. The van der Waals surface area contributed by atoms with E-state index in [0.29, 0.717) is 0 Å². The normalized spacial score (nSPS) is 19.8. The third-order valence-electron chi connectivity index (χ3n) is 2.08. The van der Waals surface area contributed by atoms with Gasteiger partial charge in [0.05, 0.1) is 11.9 Å². The lowest BCUT2D eigenvalue weighted by Crippen LogP contribution is -2.52. The zero-order chi connectivity index (χ0) is 14.5. The summed E-state index contributed by atoms with van der Waals surface area (Å²) in [7, 11) is -3.79. The van der Waals surface area contributed by atoms with Crippen LogP contribution in [0.4, 0.5) is 23.2 Å². The van der Waals surface area contributed by atoms with Gasteiger partial charge in [-0.2, -0.15) is 17.6 Å². The number of benzene rings is 1. The molecule has 1 aliphatic rings. The van der Waals surface area contributed by atoms with Gasteiger partial charge in [0.15, 0.2) is 11.5 Å². The van der Waals surface area contributed by atoms with E-state index in [0.717, 1.165) is 24.5 Å². The van der Waals surface area contributed by atoms with Crippen LogP contribution in [-0.4, -0.2) is 26.9 Å². The molecule has 0 atom stereocenters. The number of hydrogen-bond donors (Lipinski definition) is 1. The predicted octanol–water partition coefficient (Wildman–Crippen LogP) is 2.01. The Balaban J connectivity index is 2.50. The Labute approximate surface area is 105 Å². The van der Waals surface area contributed by atoms with Crippen LogP contribution in [-0.2, 0) is 10.0 Å². The molecule has 0 saturated heterocycles. The SMILES string of the molecule is CS(=O)(=O)Nc1cccc2c1OC(F)(F)C(F)(F)O2. The molecule has 10 heteroatoms. The quantitative estimate of drug-likeness (QED) is 0.849. The summed E-state index contributed by atoms with van der Waals surface area (Å²) in [4.78, 5) is 0. The molecule has 19 heavy (non-hydrogen) atoms. The Morgan fingerprint density at radius 2 is 1.68 bits per heavy atom. The largest absolute Gasteiger partial charge is 0.507 e. The van der Waals surface area contributed by atoms with E-state index in [9.17, 15) is 26.0 Å². The van der Waals surface area contributed by atoms with Crippen LogP contribution in [0.1, 0.15) is 0 Å². The molecule has 106 valence electrons. The van der Waals surface area contributed by atoms with E-state index in [2.05, 4.69) is 9.47 Å². The van der Waals surface area contributed by atoms with E-state index < -0.39 is 39.4 Å². The van der Waals surface area contributed by atoms with E-state index in [1.165, 1.54) is 0 Å². The maximum absolute atomic E-state index is 13.0. The number of sulfonamides is 1. The van der Waals surface area contributed by atoms with Crippen molar-refractivity contribution in [1.82, 2.24) is 0 Å². The third kappa shape index (κ3) is 2.53. The van der Waals surface area contributed by atoms with Gasteiger partial charge < -0.3 is 9.47 Å². The van der Waals surface area contributed by atoms with Crippen LogP contribution in [0.25, 0.3) is 0 Å². The molecule has 1 aliphatic heterocycles. The summed E-state index contributed by atoms with van der Waals surface area (Å²) in [6.45, 7) is 0. The number of hydrogen-bond acceptors (Lipinski definition) is 4. The van der Waals surface area contributed by atoms with Gasteiger partial charge in [-0.3, -0.25) is 4.72 Å². The van der Waals surface area contributed by atoms with Crippen LogP contribution >= 0.6 is 0 Å². The first-order valence-corrected chi connectivity index (χ1v) is 6.65. The minimum absolute atomic E-state index is 0.421. The second-order valence-electron chi connectivity index (χ2n) is 3.74. The van der Waals surface area contributed by atoms with Crippen LogP contribution < -0.4 is 14.2 Å². The molecule has 0 radical (unpaired) electrons. The van der Waals surface area contributed by atoms with Crippen LogP contribution in [0, 0.1) is 0 Å². The number of anilines is 1. The lowest BCUT2D eigenvalue weighted by Gasteiger charge is -2.32. The molecule has 0 bridgehead atoms. The highest BCUT2D eigenvalue weighted by Crippen LogP contribution is 2.49. The van der Waals surface area contributed by atoms with Crippen molar-refractivity contribution in [2.75, 3.05) is 11.0 Å². The van der Waals surface area contributed by atoms with Gasteiger partial charge in [0.25, 0.3) is 0 Å². The first-order valence-electron chi connectivity index (χ1n) is 4.76. The van der Waals surface area contributed by atoms with E-state index in [1.807, 2.05) is 4.72 Å². The first-order chi connectivity index (χ1) is 8.52. The second-order valence-corrected chi connectivity index (χ2v) is 5.49.